The van der Waals surface area contributed by atoms with Crippen LogP contribution in [0.3, 0.4) is 0 Å². The van der Waals surface area contributed by atoms with Crippen LogP contribution in [0.4, 0.5) is 5.82 Å². The van der Waals surface area contributed by atoms with Crippen LogP contribution < -0.4 is 4.90 Å². The van der Waals surface area contributed by atoms with E-state index in [2.05, 4.69) is 14.9 Å². The molecule has 0 radical (unpaired) electrons. The zero-order valence-corrected chi connectivity index (χ0v) is 10.8. The molecule has 4 nitrogen and oxygen atoms in total. The van der Waals surface area contributed by atoms with Crippen molar-refractivity contribution in [3.05, 3.63) is 17.0 Å². The number of aliphatic hydroxyl groups is 1. The summed E-state index contributed by atoms with van der Waals surface area (Å²) in [6, 6.07) is 1.82. The number of aryl methyl sites for hydroxylation is 1. The Morgan fingerprint density at radius 3 is 3.06 bits per heavy atom. The van der Waals surface area contributed by atoms with Gasteiger partial charge in [0.05, 0.1) is 0 Å². The van der Waals surface area contributed by atoms with Crippen molar-refractivity contribution in [2.75, 3.05) is 24.6 Å². The van der Waals surface area contributed by atoms with Gasteiger partial charge >= 0.3 is 0 Å². The van der Waals surface area contributed by atoms with Gasteiger partial charge in [-0.1, -0.05) is 18.5 Å². The first kappa shape index (κ1) is 12.6. The van der Waals surface area contributed by atoms with Gasteiger partial charge in [-0.05, 0) is 18.8 Å². The first-order chi connectivity index (χ1) is 8.22. The van der Waals surface area contributed by atoms with Crippen LogP contribution in [0.15, 0.2) is 6.07 Å². The van der Waals surface area contributed by atoms with Crippen molar-refractivity contribution in [3.63, 3.8) is 0 Å². The Morgan fingerprint density at radius 2 is 2.35 bits per heavy atom. The summed E-state index contributed by atoms with van der Waals surface area (Å²) in [5.41, 5.74) is 0. The number of aromatic nitrogens is 2. The number of rotatable bonds is 4. The molecule has 1 saturated heterocycles. The summed E-state index contributed by atoms with van der Waals surface area (Å²) in [6.07, 6.45) is 2.78. The molecule has 1 aromatic rings. The van der Waals surface area contributed by atoms with Gasteiger partial charge in [0.15, 0.2) is 0 Å². The summed E-state index contributed by atoms with van der Waals surface area (Å²) >= 11 is 5.99. The van der Waals surface area contributed by atoms with E-state index in [1.165, 1.54) is 0 Å². The van der Waals surface area contributed by atoms with Crippen molar-refractivity contribution in [1.82, 2.24) is 9.97 Å². The maximum atomic E-state index is 8.94. The van der Waals surface area contributed by atoms with Crippen LogP contribution in [0.2, 0.25) is 5.15 Å². The van der Waals surface area contributed by atoms with E-state index in [-0.39, 0.29) is 6.61 Å². The Morgan fingerprint density at radius 1 is 1.53 bits per heavy atom. The summed E-state index contributed by atoms with van der Waals surface area (Å²) in [4.78, 5) is 10.9. The summed E-state index contributed by atoms with van der Waals surface area (Å²) < 4.78 is 0. The van der Waals surface area contributed by atoms with Gasteiger partial charge in [-0.2, -0.15) is 0 Å². The zero-order chi connectivity index (χ0) is 12.3. The SMILES string of the molecule is CCc1nc(Cl)cc(N2CCC(CCO)C2)n1. The molecule has 1 aliphatic rings. The highest BCUT2D eigenvalue weighted by Crippen LogP contribution is 2.25. The van der Waals surface area contributed by atoms with E-state index in [0.29, 0.717) is 11.1 Å². The molecule has 0 aliphatic carbocycles. The summed E-state index contributed by atoms with van der Waals surface area (Å²) in [5, 5.41) is 9.46. The van der Waals surface area contributed by atoms with Crippen LogP contribution in [0, 0.1) is 5.92 Å². The number of hydrogen-bond acceptors (Lipinski definition) is 4. The Bertz CT molecular complexity index is 386. The summed E-state index contributed by atoms with van der Waals surface area (Å²) in [7, 11) is 0. The third-order valence-corrected chi connectivity index (χ3v) is 3.38. The molecular formula is C12H18ClN3O. The summed E-state index contributed by atoms with van der Waals surface area (Å²) in [5.74, 6) is 2.28. The summed E-state index contributed by atoms with van der Waals surface area (Å²) in [6.45, 7) is 4.23. The molecule has 94 valence electrons. The fourth-order valence-corrected chi connectivity index (χ4v) is 2.43. The average molecular weight is 256 g/mol. The number of anilines is 1. The van der Waals surface area contributed by atoms with Crippen LogP contribution >= 0.6 is 11.6 Å². The topological polar surface area (TPSA) is 49.2 Å². The van der Waals surface area contributed by atoms with Gasteiger partial charge in [-0.25, -0.2) is 9.97 Å². The van der Waals surface area contributed by atoms with Crippen molar-refractivity contribution in [3.8, 4) is 0 Å². The molecule has 2 heterocycles. The molecule has 2 rings (SSSR count). The molecule has 1 aliphatic heterocycles. The first-order valence-corrected chi connectivity index (χ1v) is 6.50. The van der Waals surface area contributed by atoms with Crippen molar-refractivity contribution in [2.45, 2.75) is 26.2 Å². The molecule has 1 N–H and O–H groups in total. The molecule has 5 heteroatoms. The minimum Gasteiger partial charge on any atom is -0.396 e. The van der Waals surface area contributed by atoms with Crippen molar-refractivity contribution in [1.29, 1.82) is 0 Å². The fraction of sp³-hybridized carbons (Fsp3) is 0.667. The molecule has 1 unspecified atom stereocenters. The third kappa shape index (κ3) is 3.07. The lowest BCUT2D eigenvalue weighted by molar-refractivity contribution is 0.263. The van der Waals surface area contributed by atoms with E-state index in [9.17, 15) is 0 Å². The van der Waals surface area contributed by atoms with E-state index in [1.807, 2.05) is 13.0 Å². The van der Waals surface area contributed by atoms with Gasteiger partial charge in [0.25, 0.3) is 0 Å². The number of aliphatic hydroxyl groups excluding tert-OH is 1. The van der Waals surface area contributed by atoms with Gasteiger partial charge in [0.2, 0.25) is 0 Å². The highest BCUT2D eigenvalue weighted by molar-refractivity contribution is 6.29. The molecule has 0 saturated carbocycles. The zero-order valence-electron chi connectivity index (χ0n) is 10.1. The number of nitrogens with zero attached hydrogens (tertiary/aromatic N) is 3. The molecule has 17 heavy (non-hydrogen) atoms. The Balaban J connectivity index is 2.10. The second kappa shape index (κ2) is 5.65. The lowest BCUT2D eigenvalue weighted by atomic mass is 10.1. The van der Waals surface area contributed by atoms with E-state index in [4.69, 9.17) is 16.7 Å². The van der Waals surface area contributed by atoms with Crippen LogP contribution in [0.25, 0.3) is 0 Å². The van der Waals surface area contributed by atoms with Crippen LogP contribution in [0.1, 0.15) is 25.6 Å². The van der Waals surface area contributed by atoms with E-state index in [1.54, 1.807) is 0 Å². The fourth-order valence-electron chi connectivity index (χ4n) is 2.23. The lowest BCUT2D eigenvalue weighted by Gasteiger charge is -2.18. The number of halogens is 1. The van der Waals surface area contributed by atoms with Crippen molar-refractivity contribution < 1.29 is 5.11 Å². The molecule has 0 bridgehead atoms. The molecule has 1 aromatic heterocycles. The third-order valence-electron chi connectivity index (χ3n) is 3.19. The Labute approximate surface area is 107 Å². The van der Waals surface area contributed by atoms with Crippen molar-refractivity contribution in [2.24, 2.45) is 5.92 Å². The standard InChI is InChI=1S/C12H18ClN3O/c1-2-11-14-10(13)7-12(15-11)16-5-3-9(8-16)4-6-17/h7,9,17H,2-6,8H2,1H3. The quantitative estimate of drug-likeness (QED) is 0.835. The molecule has 0 aromatic carbocycles. The maximum absolute atomic E-state index is 8.94. The van der Waals surface area contributed by atoms with Gasteiger partial charge in [-0.15, -0.1) is 0 Å². The van der Waals surface area contributed by atoms with Crippen LogP contribution in [0.5, 0.6) is 0 Å². The maximum Gasteiger partial charge on any atom is 0.134 e. The second-order valence-corrected chi connectivity index (χ2v) is 4.82. The predicted molar refractivity (Wildman–Crippen MR) is 68.4 cm³/mol. The number of hydrogen-bond donors (Lipinski definition) is 1. The average Bonchev–Trinajstić information content (AvgIpc) is 2.77. The molecular weight excluding hydrogens is 238 g/mol. The molecule has 1 fully saturated rings. The molecule has 0 amide bonds. The first-order valence-electron chi connectivity index (χ1n) is 6.12. The predicted octanol–water partition coefficient (Wildman–Crippen LogP) is 1.90. The smallest absolute Gasteiger partial charge is 0.134 e. The largest absolute Gasteiger partial charge is 0.396 e. The highest BCUT2D eigenvalue weighted by atomic mass is 35.5. The highest BCUT2D eigenvalue weighted by Gasteiger charge is 2.23. The van der Waals surface area contributed by atoms with Gasteiger partial charge in [0.1, 0.15) is 16.8 Å². The Kier molecular flexibility index (Phi) is 4.18. The Hall–Kier alpha value is -0.870. The minimum atomic E-state index is 0.267. The van der Waals surface area contributed by atoms with Crippen LogP contribution in [-0.2, 0) is 6.42 Å². The molecule has 1 atom stereocenters. The minimum absolute atomic E-state index is 0.267. The van der Waals surface area contributed by atoms with Gasteiger partial charge < -0.3 is 10.0 Å². The van der Waals surface area contributed by atoms with Gasteiger partial charge in [0, 0.05) is 32.2 Å². The lowest BCUT2D eigenvalue weighted by Crippen LogP contribution is -2.21. The second-order valence-electron chi connectivity index (χ2n) is 4.43. The normalized spacial score (nSPS) is 19.9. The van der Waals surface area contributed by atoms with E-state index in [0.717, 1.165) is 44.0 Å². The van der Waals surface area contributed by atoms with Crippen LogP contribution in [-0.4, -0.2) is 34.8 Å². The monoisotopic (exact) mass is 255 g/mol. The van der Waals surface area contributed by atoms with Gasteiger partial charge in [-0.3, -0.25) is 0 Å². The van der Waals surface area contributed by atoms with E-state index < -0.39 is 0 Å². The van der Waals surface area contributed by atoms with Crippen molar-refractivity contribution >= 4 is 17.4 Å². The van der Waals surface area contributed by atoms with E-state index >= 15 is 0 Å². The molecule has 0 spiro atoms.